The molecule has 2 aromatic carbocycles. The van der Waals surface area contributed by atoms with Crippen LogP contribution < -0.4 is 5.32 Å². The van der Waals surface area contributed by atoms with E-state index in [1.807, 2.05) is 92.3 Å². The second-order valence-corrected chi connectivity index (χ2v) is 9.61. The van der Waals surface area contributed by atoms with E-state index in [9.17, 15) is 9.59 Å². The summed E-state index contributed by atoms with van der Waals surface area (Å²) in [6, 6.07) is 19.9. The van der Waals surface area contributed by atoms with E-state index in [-0.39, 0.29) is 17.9 Å². The lowest BCUT2D eigenvalue weighted by molar-refractivity contribution is -0.126. The monoisotopic (exact) mass is 460 g/mol. The fourth-order valence-corrected chi connectivity index (χ4v) is 4.07. The summed E-state index contributed by atoms with van der Waals surface area (Å²) in [6.07, 6.45) is 2.91. The summed E-state index contributed by atoms with van der Waals surface area (Å²) in [6.45, 7) is 7.00. The maximum atomic E-state index is 12.9. The van der Waals surface area contributed by atoms with Crippen LogP contribution in [0.2, 0.25) is 0 Å². The summed E-state index contributed by atoms with van der Waals surface area (Å²) in [5, 5.41) is 7.91. The van der Waals surface area contributed by atoms with Crippen LogP contribution >= 0.6 is 0 Å². The molecule has 4 rings (SSSR count). The van der Waals surface area contributed by atoms with Crippen LogP contribution in [0.15, 0.2) is 66.9 Å². The summed E-state index contributed by atoms with van der Waals surface area (Å²) < 4.78 is 7.30. The molecule has 34 heavy (non-hydrogen) atoms. The molecule has 3 aromatic rings. The molecule has 7 heteroatoms. The van der Waals surface area contributed by atoms with Gasteiger partial charge < -0.3 is 15.0 Å². The van der Waals surface area contributed by atoms with Gasteiger partial charge in [0, 0.05) is 42.9 Å². The van der Waals surface area contributed by atoms with Crippen LogP contribution in [0.25, 0.3) is 16.9 Å². The van der Waals surface area contributed by atoms with Crippen LogP contribution in [0.1, 0.15) is 39.2 Å². The standard InChI is InChI=1S/C27H32N4O3/c1-27(2,3)34-26(33)30-16-14-21(15-17-30)25(32)28-18-22-19-31(23-12-8-5-9-13-23)29-24(22)20-10-6-4-7-11-20/h4-13,19,21H,14-18H2,1-3H3,(H,28,32). The number of likely N-dealkylation sites (tertiary alicyclic amines) is 1. The maximum absolute atomic E-state index is 12.9. The van der Waals surface area contributed by atoms with Gasteiger partial charge in [0.1, 0.15) is 5.60 Å². The van der Waals surface area contributed by atoms with E-state index in [4.69, 9.17) is 9.84 Å². The van der Waals surface area contributed by atoms with E-state index in [0.29, 0.717) is 32.5 Å². The van der Waals surface area contributed by atoms with Gasteiger partial charge in [-0.25, -0.2) is 9.48 Å². The van der Waals surface area contributed by atoms with Gasteiger partial charge >= 0.3 is 6.09 Å². The average Bonchev–Trinajstić information content (AvgIpc) is 3.27. The second-order valence-electron chi connectivity index (χ2n) is 9.61. The van der Waals surface area contributed by atoms with Gasteiger partial charge in [-0.15, -0.1) is 0 Å². The molecule has 0 aliphatic carbocycles. The molecule has 2 heterocycles. The van der Waals surface area contributed by atoms with Crippen molar-refractivity contribution in [3.63, 3.8) is 0 Å². The van der Waals surface area contributed by atoms with Gasteiger partial charge in [0.05, 0.1) is 11.4 Å². The Labute approximate surface area is 200 Å². The van der Waals surface area contributed by atoms with Crippen molar-refractivity contribution in [2.24, 2.45) is 5.92 Å². The summed E-state index contributed by atoms with van der Waals surface area (Å²) in [5.74, 6) is -0.113. The first-order valence-electron chi connectivity index (χ1n) is 11.8. The van der Waals surface area contributed by atoms with Crippen molar-refractivity contribution in [2.75, 3.05) is 13.1 Å². The highest BCUT2D eigenvalue weighted by Gasteiger charge is 2.30. The molecule has 0 bridgehead atoms. The predicted molar refractivity (Wildman–Crippen MR) is 131 cm³/mol. The number of hydrogen-bond donors (Lipinski definition) is 1. The SMILES string of the molecule is CC(C)(C)OC(=O)N1CCC(C(=O)NCc2cn(-c3ccccc3)nc2-c2ccccc2)CC1. The first-order valence-corrected chi connectivity index (χ1v) is 11.8. The lowest BCUT2D eigenvalue weighted by Gasteiger charge is -2.32. The number of benzene rings is 2. The van der Waals surface area contributed by atoms with Crippen molar-refractivity contribution < 1.29 is 14.3 Å². The second kappa shape index (κ2) is 10.1. The molecular formula is C27H32N4O3. The van der Waals surface area contributed by atoms with Crippen molar-refractivity contribution >= 4 is 12.0 Å². The first kappa shape index (κ1) is 23.5. The minimum absolute atomic E-state index is 0.00955. The third-order valence-corrected chi connectivity index (χ3v) is 5.83. The Bertz CT molecular complexity index is 1110. The third kappa shape index (κ3) is 5.84. The number of carbonyl (C=O) groups is 2. The van der Waals surface area contributed by atoms with Crippen LogP contribution in [0.5, 0.6) is 0 Å². The Hall–Kier alpha value is -3.61. The molecular weight excluding hydrogens is 428 g/mol. The van der Waals surface area contributed by atoms with Crippen LogP contribution in [-0.4, -0.2) is 45.4 Å². The Morgan fingerprint density at radius 1 is 1.00 bits per heavy atom. The zero-order chi connectivity index (χ0) is 24.1. The number of nitrogens with one attached hydrogen (secondary N) is 1. The number of carbonyl (C=O) groups excluding carboxylic acids is 2. The molecule has 7 nitrogen and oxygen atoms in total. The minimum Gasteiger partial charge on any atom is -0.444 e. The fourth-order valence-electron chi connectivity index (χ4n) is 4.07. The van der Waals surface area contributed by atoms with Gasteiger partial charge in [0.25, 0.3) is 0 Å². The van der Waals surface area contributed by atoms with E-state index in [2.05, 4.69) is 5.32 Å². The molecule has 0 saturated carbocycles. The molecule has 1 aliphatic heterocycles. The molecule has 1 fully saturated rings. The van der Waals surface area contributed by atoms with E-state index in [0.717, 1.165) is 22.5 Å². The molecule has 2 amide bonds. The van der Waals surface area contributed by atoms with Crippen LogP contribution in [0, 0.1) is 5.92 Å². The third-order valence-electron chi connectivity index (χ3n) is 5.83. The first-order chi connectivity index (χ1) is 16.3. The molecule has 0 radical (unpaired) electrons. The smallest absolute Gasteiger partial charge is 0.410 e. The number of amides is 2. The Kier molecular flexibility index (Phi) is 7.01. The summed E-state index contributed by atoms with van der Waals surface area (Å²) in [4.78, 5) is 26.9. The van der Waals surface area contributed by atoms with Crippen LogP contribution in [0.3, 0.4) is 0 Å². The van der Waals surface area contributed by atoms with Gasteiger partial charge in [-0.2, -0.15) is 5.10 Å². The lowest BCUT2D eigenvalue weighted by atomic mass is 9.96. The predicted octanol–water partition coefficient (Wildman–Crippen LogP) is 4.80. The molecule has 1 saturated heterocycles. The zero-order valence-corrected chi connectivity index (χ0v) is 20.0. The van der Waals surface area contributed by atoms with Crippen LogP contribution in [-0.2, 0) is 16.1 Å². The van der Waals surface area contributed by atoms with Crippen molar-refractivity contribution in [2.45, 2.75) is 45.8 Å². The van der Waals surface area contributed by atoms with E-state index >= 15 is 0 Å². The van der Waals surface area contributed by atoms with Gasteiger partial charge in [-0.05, 0) is 45.7 Å². The Morgan fingerprint density at radius 3 is 2.24 bits per heavy atom. The number of aromatic nitrogens is 2. The summed E-state index contributed by atoms with van der Waals surface area (Å²) >= 11 is 0. The molecule has 1 aliphatic rings. The highest BCUT2D eigenvalue weighted by Crippen LogP contribution is 2.24. The number of hydrogen-bond acceptors (Lipinski definition) is 4. The van der Waals surface area contributed by atoms with Crippen molar-refractivity contribution in [3.8, 4) is 16.9 Å². The summed E-state index contributed by atoms with van der Waals surface area (Å²) in [5.41, 5.74) is 3.25. The van der Waals surface area contributed by atoms with Crippen molar-refractivity contribution in [1.29, 1.82) is 0 Å². The summed E-state index contributed by atoms with van der Waals surface area (Å²) in [7, 11) is 0. The average molecular weight is 461 g/mol. The number of rotatable bonds is 5. The number of nitrogens with zero attached hydrogens (tertiary/aromatic N) is 3. The number of ether oxygens (including phenoxy) is 1. The van der Waals surface area contributed by atoms with Crippen molar-refractivity contribution in [1.82, 2.24) is 20.0 Å². The molecule has 1 aromatic heterocycles. The van der Waals surface area contributed by atoms with Crippen LogP contribution in [0.4, 0.5) is 4.79 Å². The number of para-hydroxylation sites is 1. The van der Waals surface area contributed by atoms with Crippen molar-refractivity contribution in [3.05, 3.63) is 72.4 Å². The normalized spacial score (nSPS) is 14.6. The molecule has 0 atom stereocenters. The zero-order valence-electron chi connectivity index (χ0n) is 20.0. The highest BCUT2D eigenvalue weighted by atomic mass is 16.6. The molecule has 178 valence electrons. The fraction of sp³-hybridized carbons (Fsp3) is 0.370. The minimum atomic E-state index is -0.522. The maximum Gasteiger partial charge on any atom is 0.410 e. The topological polar surface area (TPSA) is 76.5 Å². The molecule has 1 N–H and O–H groups in total. The van der Waals surface area contributed by atoms with Gasteiger partial charge in [0.15, 0.2) is 0 Å². The van der Waals surface area contributed by atoms with Gasteiger partial charge in [-0.1, -0.05) is 48.5 Å². The van der Waals surface area contributed by atoms with E-state index < -0.39 is 5.60 Å². The van der Waals surface area contributed by atoms with E-state index in [1.54, 1.807) is 4.90 Å². The molecule has 0 unspecified atom stereocenters. The number of piperidine rings is 1. The quantitative estimate of drug-likeness (QED) is 0.593. The Morgan fingerprint density at radius 2 is 1.62 bits per heavy atom. The van der Waals surface area contributed by atoms with Gasteiger partial charge in [0.2, 0.25) is 5.91 Å². The largest absolute Gasteiger partial charge is 0.444 e. The Balaban J connectivity index is 1.41. The highest BCUT2D eigenvalue weighted by molar-refractivity contribution is 5.79. The van der Waals surface area contributed by atoms with Gasteiger partial charge in [-0.3, -0.25) is 4.79 Å². The lowest BCUT2D eigenvalue weighted by Crippen LogP contribution is -2.44. The van der Waals surface area contributed by atoms with E-state index in [1.165, 1.54) is 0 Å². The molecule has 0 spiro atoms.